The van der Waals surface area contributed by atoms with E-state index in [2.05, 4.69) is 138 Å². The predicted molar refractivity (Wildman–Crippen MR) is 164 cm³/mol. The van der Waals surface area contributed by atoms with Gasteiger partial charge < -0.3 is 5.32 Å². The number of hydrogen-bond acceptors (Lipinski definition) is 2. The van der Waals surface area contributed by atoms with Gasteiger partial charge in [0.15, 0.2) is 0 Å². The second-order valence-electron chi connectivity index (χ2n) is 11.5. The average Bonchev–Trinajstić information content (AvgIpc) is 2.90. The summed E-state index contributed by atoms with van der Waals surface area (Å²) >= 11 is 0. The molecule has 1 N–H and O–H groups in total. The van der Waals surface area contributed by atoms with Gasteiger partial charge in [0.1, 0.15) is 0 Å². The van der Waals surface area contributed by atoms with Crippen LogP contribution in [0.2, 0.25) is 0 Å². The first-order valence-corrected chi connectivity index (χ1v) is 14.0. The fourth-order valence-electron chi connectivity index (χ4n) is 5.87. The van der Waals surface area contributed by atoms with E-state index in [9.17, 15) is 0 Å². The molecule has 0 aliphatic heterocycles. The number of nitrogens with zero attached hydrogens (tertiary/aromatic N) is 1. The summed E-state index contributed by atoms with van der Waals surface area (Å²) in [5.41, 5.74) is 9.93. The lowest BCUT2D eigenvalue weighted by Crippen LogP contribution is -2.19. The van der Waals surface area contributed by atoms with Gasteiger partial charge in [-0.1, -0.05) is 119 Å². The van der Waals surface area contributed by atoms with Crippen molar-refractivity contribution in [1.29, 1.82) is 0 Å². The minimum Gasteiger partial charge on any atom is -0.372 e. The highest BCUT2D eigenvalue weighted by atomic mass is 15.0. The van der Waals surface area contributed by atoms with Crippen LogP contribution in [-0.2, 0) is 0 Å². The summed E-state index contributed by atoms with van der Waals surface area (Å²) in [6.45, 7) is 13.7. The van der Waals surface area contributed by atoms with Crippen LogP contribution in [0.25, 0.3) is 22.0 Å². The van der Waals surface area contributed by atoms with E-state index < -0.39 is 0 Å². The average molecular weight is 501 g/mol. The van der Waals surface area contributed by atoms with Crippen molar-refractivity contribution in [3.8, 4) is 11.3 Å². The van der Waals surface area contributed by atoms with Gasteiger partial charge in [-0.3, -0.25) is 4.98 Å². The molecule has 0 saturated carbocycles. The summed E-state index contributed by atoms with van der Waals surface area (Å²) in [7, 11) is 0. The van der Waals surface area contributed by atoms with Crippen molar-refractivity contribution in [3.63, 3.8) is 0 Å². The first-order valence-electron chi connectivity index (χ1n) is 14.0. The molecule has 0 radical (unpaired) electrons. The first kappa shape index (κ1) is 26.0. The third-order valence-electron chi connectivity index (χ3n) is 7.66. The largest absolute Gasteiger partial charge is 0.372 e. The normalized spacial score (nSPS) is 16.5. The van der Waals surface area contributed by atoms with Crippen LogP contribution < -0.4 is 5.32 Å². The van der Waals surface area contributed by atoms with Crippen LogP contribution in [0.15, 0.2) is 102 Å². The van der Waals surface area contributed by atoms with Crippen molar-refractivity contribution in [2.24, 2.45) is 5.92 Å². The van der Waals surface area contributed by atoms with Gasteiger partial charge in [-0.05, 0) is 70.7 Å². The van der Waals surface area contributed by atoms with E-state index in [1.807, 2.05) is 0 Å². The molecular formula is C36H40N2. The van der Waals surface area contributed by atoms with E-state index in [4.69, 9.17) is 4.98 Å². The molecule has 194 valence electrons. The Hall–Kier alpha value is -3.65. The Kier molecular flexibility index (Phi) is 7.51. The van der Waals surface area contributed by atoms with Gasteiger partial charge in [0.05, 0.1) is 17.4 Å². The molecule has 1 aliphatic carbocycles. The Bertz CT molecular complexity index is 1470. The monoisotopic (exact) mass is 500 g/mol. The van der Waals surface area contributed by atoms with Crippen molar-refractivity contribution in [2.45, 2.75) is 65.8 Å². The molecule has 4 aromatic rings. The van der Waals surface area contributed by atoms with Gasteiger partial charge >= 0.3 is 0 Å². The third kappa shape index (κ3) is 5.31. The van der Waals surface area contributed by atoms with E-state index in [1.54, 1.807) is 0 Å². The molecule has 3 aromatic carbocycles. The van der Waals surface area contributed by atoms with Crippen LogP contribution in [0.5, 0.6) is 0 Å². The molecule has 2 unspecified atom stereocenters. The molecule has 0 fully saturated rings. The summed E-state index contributed by atoms with van der Waals surface area (Å²) in [6, 6.07) is 28.3. The van der Waals surface area contributed by atoms with Crippen molar-refractivity contribution in [1.82, 2.24) is 4.98 Å². The van der Waals surface area contributed by atoms with E-state index in [0.717, 1.165) is 17.8 Å². The van der Waals surface area contributed by atoms with Gasteiger partial charge in [-0.25, -0.2) is 0 Å². The fraction of sp³-hybridized carbons (Fsp3) is 0.306. The minimum atomic E-state index is -0.0416. The molecule has 0 bridgehead atoms. The van der Waals surface area contributed by atoms with E-state index in [-0.39, 0.29) is 6.04 Å². The standard InChI is InChI=1S/C36H40N2/c1-23(2)29-15-10-16-30(24(3)4)36(29)38-35(28-21-25(5)20-26(6)22-28)34-19-11-18-33(37-34)32-17-9-13-27-12-7-8-14-31(27)32/h7-19,21-25,35,38H,20H2,1-6H3. The summed E-state index contributed by atoms with van der Waals surface area (Å²) < 4.78 is 0. The smallest absolute Gasteiger partial charge is 0.0937 e. The molecule has 1 heterocycles. The minimum absolute atomic E-state index is 0.0416. The number of hydrogen-bond donors (Lipinski definition) is 1. The number of para-hydroxylation sites is 1. The SMILES string of the molecule is CC1=CC(C(Nc2c(C(C)C)cccc2C(C)C)c2cccc(-c3cccc4ccccc34)n2)=CC(C)C1. The number of aromatic nitrogens is 1. The molecule has 2 heteroatoms. The Morgan fingerprint density at radius 1 is 0.789 bits per heavy atom. The zero-order chi connectivity index (χ0) is 26.8. The van der Waals surface area contributed by atoms with Crippen molar-refractivity contribution < 1.29 is 0 Å². The Balaban J connectivity index is 1.67. The quantitative estimate of drug-likeness (QED) is 0.273. The number of benzene rings is 3. The molecule has 2 atom stereocenters. The maximum Gasteiger partial charge on any atom is 0.0937 e. The number of allylic oxidation sites excluding steroid dienone is 2. The molecule has 5 rings (SSSR count). The molecule has 1 aliphatic rings. The van der Waals surface area contributed by atoms with Gasteiger partial charge in [0, 0.05) is 11.3 Å². The van der Waals surface area contributed by atoms with Crippen LogP contribution in [0.1, 0.15) is 82.7 Å². The van der Waals surface area contributed by atoms with Crippen LogP contribution in [0.4, 0.5) is 5.69 Å². The molecule has 2 nitrogen and oxygen atoms in total. The number of anilines is 1. The summed E-state index contributed by atoms with van der Waals surface area (Å²) in [6.07, 6.45) is 5.92. The van der Waals surface area contributed by atoms with Gasteiger partial charge in [0.2, 0.25) is 0 Å². The van der Waals surface area contributed by atoms with Crippen molar-refractivity contribution in [3.05, 3.63) is 119 Å². The lowest BCUT2D eigenvalue weighted by atomic mass is 9.86. The summed E-state index contributed by atoms with van der Waals surface area (Å²) in [4.78, 5) is 5.33. The Labute approximate surface area is 228 Å². The maximum absolute atomic E-state index is 5.33. The number of nitrogens with one attached hydrogen (secondary N) is 1. The van der Waals surface area contributed by atoms with Crippen LogP contribution >= 0.6 is 0 Å². The predicted octanol–water partition coefficient (Wildman–Crippen LogP) is 10.2. The van der Waals surface area contributed by atoms with Crippen LogP contribution in [-0.4, -0.2) is 4.98 Å². The van der Waals surface area contributed by atoms with Crippen molar-refractivity contribution in [2.75, 3.05) is 5.32 Å². The van der Waals surface area contributed by atoms with Crippen LogP contribution in [0, 0.1) is 5.92 Å². The molecule has 0 saturated heterocycles. The van der Waals surface area contributed by atoms with Crippen LogP contribution in [0.3, 0.4) is 0 Å². The third-order valence-corrected chi connectivity index (χ3v) is 7.66. The number of pyridine rings is 1. The molecular weight excluding hydrogens is 460 g/mol. The fourth-order valence-corrected chi connectivity index (χ4v) is 5.87. The Morgan fingerprint density at radius 2 is 1.45 bits per heavy atom. The molecule has 0 amide bonds. The highest BCUT2D eigenvalue weighted by molar-refractivity contribution is 5.95. The molecule has 0 spiro atoms. The van der Waals surface area contributed by atoms with E-state index >= 15 is 0 Å². The zero-order valence-corrected chi connectivity index (χ0v) is 23.6. The summed E-state index contributed by atoms with van der Waals surface area (Å²) in [5, 5.41) is 6.52. The number of fused-ring (bicyclic) bond motifs is 1. The molecule has 1 aromatic heterocycles. The molecule has 38 heavy (non-hydrogen) atoms. The number of rotatable bonds is 7. The zero-order valence-electron chi connectivity index (χ0n) is 23.6. The van der Waals surface area contributed by atoms with Gasteiger partial charge in [-0.2, -0.15) is 0 Å². The topological polar surface area (TPSA) is 24.9 Å². The highest BCUT2D eigenvalue weighted by Crippen LogP contribution is 2.39. The lowest BCUT2D eigenvalue weighted by Gasteiger charge is -2.29. The lowest BCUT2D eigenvalue weighted by molar-refractivity contribution is 0.684. The van der Waals surface area contributed by atoms with Crippen molar-refractivity contribution >= 4 is 16.5 Å². The first-order chi connectivity index (χ1) is 18.3. The highest BCUT2D eigenvalue weighted by Gasteiger charge is 2.24. The second-order valence-corrected chi connectivity index (χ2v) is 11.5. The maximum atomic E-state index is 5.33. The van der Waals surface area contributed by atoms with E-state index in [0.29, 0.717) is 17.8 Å². The Morgan fingerprint density at radius 3 is 2.16 bits per heavy atom. The summed E-state index contributed by atoms with van der Waals surface area (Å²) in [5.74, 6) is 1.34. The van der Waals surface area contributed by atoms with E-state index in [1.165, 1.54) is 44.3 Å². The van der Waals surface area contributed by atoms with Gasteiger partial charge in [-0.15, -0.1) is 0 Å². The van der Waals surface area contributed by atoms with Gasteiger partial charge in [0.25, 0.3) is 0 Å². The second kappa shape index (κ2) is 11.0.